The van der Waals surface area contributed by atoms with E-state index in [4.69, 9.17) is 9.47 Å². The van der Waals surface area contributed by atoms with Gasteiger partial charge in [0.1, 0.15) is 12.2 Å². The van der Waals surface area contributed by atoms with E-state index in [0.717, 1.165) is 6.92 Å². The second-order valence-corrected chi connectivity index (χ2v) is 7.38. The maximum Gasteiger partial charge on any atom is 0.449 e. The summed E-state index contributed by atoms with van der Waals surface area (Å²) in [4.78, 5) is 12.0. The number of hydrogen-bond donors (Lipinski definition) is 1. The monoisotopic (exact) mass is 378 g/mol. The molecular formula is C15H23F5O5. The van der Waals surface area contributed by atoms with Gasteiger partial charge in [0.05, 0.1) is 5.41 Å². The third-order valence-corrected chi connectivity index (χ3v) is 4.30. The van der Waals surface area contributed by atoms with Crippen molar-refractivity contribution in [3.05, 3.63) is 0 Å². The van der Waals surface area contributed by atoms with Crippen LogP contribution >= 0.6 is 0 Å². The fourth-order valence-corrected chi connectivity index (χ4v) is 2.24. The molecule has 0 aromatic heterocycles. The summed E-state index contributed by atoms with van der Waals surface area (Å²) >= 11 is 0. The zero-order chi connectivity index (χ0) is 20.1. The number of esters is 1. The smallest absolute Gasteiger partial charge is 0.449 e. The molecule has 148 valence electrons. The second kappa shape index (κ2) is 6.02. The molecule has 25 heavy (non-hydrogen) atoms. The first kappa shape index (κ1) is 22.0. The van der Waals surface area contributed by atoms with Gasteiger partial charge in [-0.2, -0.15) is 22.0 Å². The van der Waals surface area contributed by atoms with Crippen LogP contribution < -0.4 is 0 Å². The van der Waals surface area contributed by atoms with Gasteiger partial charge in [-0.1, -0.05) is 6.92 Å². The molecule has 0 spiro atoms. The molecule has 1 aliphatic rings. The van der Waals surface area contributed by atoms with Crippen molar-refractivity contribution in [1.29, 1.82) is 0 Å². The average Bonchev–Trinajstić information content (AvgIpc) is 2.41. The molecule has 1 aliphatic heterocycles. The highest BCUT2D eigenvalue weighted by Crippen LogP contribution is 2.55. The van der Waals surface area contributed by atoms with Crippen LogP contribution in [-0.2, 0) is 19.0 Å². The van der Waals surface area contributed by atoms with Gasteiger partial charge in [-0.05, 0) is 41.0 Å². The highest BCUT2D eigenvalue weighted by molar-refractivity contribution is 5.75. The standard InChI is InChI=1S/C15H23F5O5/c1-7-10(2,3)9(21)23-8-12(6)24-11(4,5)13(16,17)14(22,25-12)15(18,19)20/h22H,7-8H2,1-6H3. The van der Waals surface area contributed by atoms with Crippen molar-refractivity contribution in [3.8, 4) is 0 Å². The van der Waals surface area contributed by atoms with Gasteiger partial charge in [0, 0.05) is 0 Å². The highest BCUT2D eigenvalue weighted by Gasteiger charge is 2.81. The maximum atomic E-state index is 14.2. The number of hydrogen-bond acceptors (Lipinski definition) is 5. The summed E-state index contributed by atoms with van der Waals surface area (Å²) in [5.74, 6) is -12.8. The molecule has 1 heterocycles. The number of rotatable bonds is 4. The normalized spacial score (nSPS) is 32.3. The number of carbonyl (C=O) groups is 1. The molecule has 2 atom stereocenters. The van der Waals surface area contributed by atoms with E-state index < -0.39 is 47.3 Å². The molecule has 0 aliphatic carbocycles. The zero-order valence-corrected chi connectivity index (χ0v) is 14.9. The van der Waals surface area contributed by atoms with Crippen LogP contribution in [0.1, 0.15) is 48.0 Å². The third kappa shape index (κ3) is 3.61. The lowest BCUT2D eigenvalue weighted by molar-refractivity contribution is -0.542. The van der Waals surface area contributed by atoms with Crippen LogP contribution in [0.15, 0.2) is 0 Å². The molecule has 0 aromatic rings. The third-order valence-electron chi connectivity index (χ3n) is 4.30. The lowest BCUT2D eigenvalue weighted by atomic mass is 9.89. The van der Waals surface area contributed by atoms with Gasteiger partial charge in [-0.3, -0.25) is 4.79 Å². The molecule has 0 aromatic carbocycles. The molecule has 1 fully saturated rings. The van der Waals surface area contributed by atoms with Gasteiger partial charge in [0.2, 0.25) is 5.79 Å². The Balaban J connectivity index is 3.16. The second-order valence-electron chi connectivity index (χ2n) is 7.38. The summed E-state index contributed by atoms with van der Waals surface area (Å²) in [7, 11) is 0. The zero-order valence-electron chi connectivity index (χ0n) is 14.9. The van der Waals surface area contributed by atoms with Gasteiger partial charge >= 0.3 is 23.9 Å². The van der Waals surface area contributed by atoms with Crippen LogP contribution in [0.5, 0.6) is 0 Å². The van der Waals surface area contributed by atoms with E-state index in [1.807, 2.05) is 0 Å². The first-order valence-electron chi connectivity index (χ1n) is 7.60. The summed E-state index contributed by atoms with van der Waals surface area (Å²) in [6.07, 6.45) is -5.44. The molecule has 10 heteroatoms. The summed E-state index contributed by atoms with van der Waals surface area (Å²) in [6, 6.07) is 0. The van der Waals surface area contributed by atoms with Crippen LogP contribution in [-0.4, -0.2) is 47.0 Å². The van der Waals surface area contributed by atoms with Gasteiger partial charge in [-0.15, -0.1) is 0 Å². The Bertz CT molecular complexity index is 531. The Kier molecular flexibility index (Phi) is 5.31. The highest BCUT2D eigenvalue weighted by atomic mass is 19.4. The van der Waals surface area contributed by atoms with Crippen molar-refractivity contribution >= 4 is 5.97 Å². The van der Waals surface area contributed by atoms with E-state index in [1.165, 1.54) is 0 Å². The Hall–Kier alpha value is -1.00. The Morgan fingerprint density at radius 3 is 2.00 bits per heavy atom. The van der Waals surface area contributed by atoms with Crippen molar-refractivity contribution in [2.45, 2.75) is 77.2 Å². The minimum Gasteiger partial charge on any atom is -0.460 e. The van der Waals surface area contributed by atoms with Gasteiger partial charge in [0.25, 0.3) is 0 Å². The van der Waals surface area contributed by atoms with E-state index in [9.17, 15) is 31.9 Å². The number of ether oxygens (including phenoxy) is 3. The molecule has 0 radical (unpaired) electrons. The summed E-state index contributed by atoms with van der Waals surface area (Å²) in [5.41, 5.74) is -3.69. The van der Waals surface area contributed by atoms with Crippen molar-refractivity contribution < 1.29 is 46.1 Å². The first-order chi connectivity index (χ1) is 10.9. The van der Waals surface area contributed by atoms with E-state index >= 15 is 0 Å². The predicted octanol–water partition coefficient (Wildman–Crippen LogP) is 3.39. The lowest BCUT2D eigenvalue weighted by Crippen LogP contribution is -2.76. The minimum atomic E-state index is -5.81. The van der Waals surface area contributed by atoms with Crippen molar-refractivity contribution in [2.24, 2.45) is 5.41 Å². The molecule has 0 amide bonds. The Morgan fingerprint density at radius 1 is 1.12 bits per heavy atom. The van der Waals surface area contributed by atoms with E-state index in [2.05, 4.69) is 4.74 Å². The molecule has 5 nitrogen and oxygen atoms in total. The molecule has 0 saturated carbocycles. The van der Waals surface area contributed by atoms with E-state index in [0.29, 0.717) is 20.3 Å². The Labute approximate surface area is 142 Å². The van der Waals surface area contributed by atoms with E-state index in [-0.39, 0.29) is 0 Å². The fraction of sp³-hybridized carbons (Fsp3) is 0.933. The molecule has 1 rings (SSSR count). The minimum absolute atomic E-state index is 0.375. The largest absolute Gasteiger partial charge is 0.460 e. The number of carbonyl (C=O) groups excluding carboxylic acids is 1. The van der Waals surface area contributed by atoms with Crippen molar-refractivity contribution in [1.82, 2.24) is 0 Å². The quantitative estimate of drug-likeness (QED) is 0.600. The van der Waals surface area contributed by atoms with Crippen LogP contribution in [0.25, 0.3) is 0 Å². The van der Waals surface area contributed by atoms with E-state index in [1.54, 1.807) is 20.8 Å². The average molecular weight is 378 g/mol. The lowest BCUT2D eigenvalue weighted by Gasteiger charge is -2.54. The predicted molar refractivity (Wildman–Crippen MR) is 75.6 cm³/mol. The maximum absolute atomic E-state index is 14.2. The number of aliphatic hydroxyl groups is 1. The SMILES string of the molecule is CCC(C)(C)C(=O)OCC1(C)OC(C)(C)C(F)(F)C(O)(C(F)(F)F)O1. The van der Waals surface area contributed by atoms with Crippen LogP contribution in [0.3, 0.4) is 0 Å². The number of alkyl halides is 5. The Morgan fingerprint density at radius 2 is 1.60 bits per heavy atom. The van der Waals surface area contributed by atoms with Crippen LogP contribution in [0.4, 0.5) is 22.0 Å². The van der Waals surface area contributed by atoms with Crippen LogP contribution in [0.2, 0.25) is 0 Å². The summed E-state index contributed by atoms with van der Waals surface area (Å²) in [5, 5.41) is 9.66. The molecule has 0 bridgehead atoms. The number of halogens is 5. The van der Waals surface area contributed by atoms with Gasteiger partial charge in [-0.25, -0.2) is 0 Å². The molecule has 2 unspecified atom stereocenters. The van der Waals surface area contributed by atoms with Gasteiger partial charge in [0.15, 0.2) is 0 Å². The van der Waals surface area contributed by atoms with Crippen molar-refractivity contribution in [2.75, 3.05) is 6.61 Å². The summed E-state index contributed by atoms with van der Waals surface area (Å²) < 4.78 is 81.9. The molecule has 1 saturated heterocycles. The fourth-order valence-electron chi connectivity index (χ4n) is 2.24. The van der Waals surface area contributed by atoms with Crippen LogP contribution in [0, 0.1) is 5.41 Å². The molecular weight excluding hydrogens is 355 g/mol. The summed E-state index contributed by atoms with van der Waals surface area (Å²) in [6.45, 7) is 6.13. The first-order valence-corrected chi connectivity index (χ1v) is 7.60. The topological polar surface area (TPSA) is 65.0 Å². The van der Waals surface area contributed by atoms with Gasteiger partial charge < -0.3 is 19.3 Å². The molecule has 1 N–H and O–H groups in total. The van der Waals surface area contributed by atoms with Crippen molar-refractivity contribution in [3.63, 3.8) is 0 Å².